The van der Waals surface area contributed by atoms with E-state index in [-0.39, 0.29) is 40.4 Å². The Labute approximate surface area is 244 Å². The van der Waals surface area contributed by atoms with Crippen molar-refractivity contribution in [3.8, 4) is 0 Å². The molecule has 0 bridgehead atoms. The first-order valence-corrected chi connectivity index (χ1v) is 16.0. The molecule has 1 aliphatic carbocycles. The van der Waals surface area contributed by atoms with E-state index >= 15 is 8.78 Å². The Bertz CT molecular complexity index is 1700. The van der Waals surface area contributed by atoms with E-state index in [0.29, 0.717) is 0 Å². The molecule has 6 heterocycles. The molecule has 3 fully saturated rings. The largest absolute Gasteiger partial charge is 0.472 e. The number of imidazole rings is 2. The van der Waals surface area contributed by atoms with Crippen molar-refractivity contribution in [3.63, 3.8) is 0 Å². The number of hydrogen-bond acceptors (Lipinski definition) is 15. The SMILES string of the molecule is Nc1ncnc2c1ncn2C1CC2COP(=O)(O)OC3C(COP(=O)(O)OC2C1F)OC(n1cnc2c(N)ncnc21)C3F. The zero-order valence-electron chi connectivity index (χ0n) is 22.2. The fraction of sp³-hybridized carbons (Fsp3) is 0.524. The minimum absolute atomic E-state index is 0.0115. The predicted molar refractivity (Wildman–Crippen MR) is 142 cm³/mol. The molecule has 1 saturated carbocycles. The number of nitrogen functional groups attached to an aromatic ring is 2. The van der Waals surface area contributed by atoms with Crippen LogP contribution < -0.4 is 11.5 Å². The third kappa shape index (κ3) is 5.03. The predicted octanol–water partition coefficient (Wildman–Crippen LogP) is 0.983. The number of hydrogen-bond donors (Lipinski definition) is 4. The molecule has 2 aliphatic heterocycles. The molecular formula is C21H24F2N10O9P2. The molecule has 4 aromatic heterocycles. The number of ether oxygens (including phenoxy) is 1. The van der Waals surface area contributed by atoms with Gasteiger partial charge in [-0.3, -0.25) is 22.7 Å². The number of phosphoric acid groups is 2. The van der Waals surface area contributed by atoms with Gasteiger partial charge in [0.05, 0.1) is 31.9 Å². The second-order valence-corrected chi connectivity index (χ2v) is 13.2. The molecule has 4 aromatic rings. The molecule has 0 radical (unpaired) electrons. The lowest BCUT2D eigenvalue weighted by Crippen LogP contribution is -2.35. The van der Waals surface area contributed by atoms with Crippen LogP contribution >= 0.6 is 15.6 Å². The number of rotatable bonds is 2. The Kier molecular flexibility index (Phi) is 7.15. The van der Waals surface area contributed by atoms with Crippen molar-refractivity contribution in [3.05, 3.63) is 25.3 Å². The van der Waals surface area contributed by atoms with Crippen LogP contribution in [0.3, 0.4) is 0 Å². The summed E-state index contributed by atoms with van der Waals surface area (Å²) in [4.78, 5) is 45.1. The van der Waals surface area contributed by atoms with E-state index in [2.05, 4.69) is 29.9 Å². The third-order valence-corrected chi connectivity index (χ3v) is 9.70. The summed E-state index contributed by atoms with van der Waals surface area (Å²) < 4.78 is 86.8. The highest BCUT2D eigenvalue weighted by molar-refractivity contribution is 7.47. The molecule has 3 aliphatic rings. The van der Waals surface area contributed by atoms with Crippen molar-refractivity contribution in [1.82, 2.24) is 39.0 Å². The molecular weight excluding hydrogens is 636 g/mol. The highest BCUT2D eigenvalue weighted by Gasteiger charge is 2.54. The van der Waals surface area contributed by atoms with Crippen LogP contribution in [0, 0.1) is 5.92 Å². The topological polar surface area (TPSA) is 260 Å². The lowest BCUT2D eigenvalue weighted by atomic mass is 10.1. The first-order chi connectivity index (χ1) is 20.9. The molecule has 7 rings (SSSR count). The second-order valence-electron chi connectivity index (χ2n) is 10.4. The zero-order valence-corrected chi connectivity index (χ0v) is 24.0. The van der Waals surface area contributed by atoms with Gasteiger partial charge >= 0.3 is 15.6 Å². The quantitative estimate of drug-likeness (QED) is 0.218. The summed E-state index contributed by atoms with van der Waals surface area (Å²) in [6.07, 6.45) is -6.11. The lowest BCUT2D eigenvalue weighted by Gasteiger charge is -2.28. The molecule has 0 spiro atoms. The number of anilines is 2. The maximum atomic E-state index is 16.0. The molecule has 23 heteroatoms. The van der Waals surface area contributed by atoms with Gasteiger partial charge in [-0.15, -0.1) is 0 Å². The van der Waals surface area contributed by atoms with Crippen molar-refractivity contribution < 1.29 is 50.5 Å². The highest BCUT2D eigenvalue weighted by atomic mass is 31.2. The number of fused-ring (bicyclic) bond motifs is 4. The van der Waals surface area contributed by atoms with Crippen LogP contribution in [0.2, 0.25) is 0 Å². The van der Waals surface area contributed by atoms with Crippen molar-refractivity contribution in [2.24, 2.45) is 5.92 Å². The van der Waals surface area contributed by atoms with Crippen molar-refractivity contribution in [1.29, 1.82) is 0 Å². The zero-order chi connectivity index (χ0) is 31.0. The van der Waals surface area contributed by atoms with E-state index in [1.54, 1.807) is 0 Å². The fourth-order valence-electron chi connectivity index (χ4n) is 5.70. The van der Waals surface area contributed by atoms with Gasteiger partial charge in [0.1, 0.15) is 48.2 Å². The molecule has 0 aromatic carbocycles. The normalized spacial score (nSPS) is 38.3. The summed E-state index contributed by atoms with van der Waals surface area (Å²) in [5, 5.41) is 0. The third-order valence-electron chi connectivity index (χ3n) is 7.73. The average molecular weight is 660 g/mol. The van der Waals surface area contributed by atoms with Crippen LogP contribution in [-0.2, 0) is 32.0 Å². The standard InChI is InChI=1S/C21H24F2N10O9P2/c22-11-9(32-6-30-13-17(24)26-4-28-19(13)32)1-8-2-38-43(34,35)42-16-10(3-39-44(36,37)41-15(8)11)40-21(12(16)23)33-7-31-14-18(25)27-5-29-20(14)33/h4-12,15-16,21H,1-3H2,(H,34,35)(H,36,37)(H2,24,26,28)(H2,25,27,29). The van der Waals surface area contributed by atoms with E-state index < -0.39 is 77.7 Å². The van der Waals surface area contributed by atoms with Gasteiger partial charge in [0.2, 0.25) is 0 Å². The van der Waals surface area contributed by atoms with Gasteiger partial charge in [0.15, 0.2) is 35.3 Å². The summed E-state index contributed by atoms with van der Waals surface area (Å²) >= 11 is 0. The van der Waals surface area contributed by atoms with Crippen molar-refractivity contribution >= 4 is 49.6 Å². The molecule has 2 saturated heterocycles. The van der Waals surface area contributed by atoms with Crippen LogP contribution in [-0.4, -0.2) is 92.7 Å². The van der Waals surface area contributed by atoms with E-state index in [9.17, 15) is 18.9 Å². The minimum Gasteiger partial charge on any atom is -0.382 e. The van der Waals surface area contributed by atoms with E-state index in [1.165, 1.54) is 17.2 Å². The van der Waals surface area contributed by atoms with Crippen molar-refractivity contribution in [2.45, 2.75) is 49.3 Å². The monoisotopic (exact) mass is 660 g/mol. The Hall–Kier alpha value is -3.26. The van der Waals surface area contributed by atoms with Gasteiger partial charge in [-0.1, -0.05) is 0 Å². The van der Waals surface area contributed by atoms with E-state index in [4.69, 9.17) is 34.3 Å². The van der Waals surface area contributed by atoms with Gasteiger partial charge in [-0.05, 0) is 6.42 Å². The van der Waals surface area contributed by atoms with Crippen LogP contribution in [0.25, 0.3) is 22.3 Å². The van der Waals surface area contributed by atoms with E-state index in [1.807, 2.05) is 0 Å². The summed E-state index contributed by atoms with van der Waals surface area (Å²) in [6, 6.07) is -1.07. The Morgan fingerprint density at radius 1 is 0.795 bits per heavy atom. The van der Waals surface area contributed by atoms with Crippen LogP contribution in [0.5, 0.6) is 0 Å². The van der Waals surface area contributed by atoms with Crippen LogP contribution in [0.1, 0.15) is 18.7 Å². The molecule has 6 N–H and O–H groups in total. The summed E-state index contributed by atoms with van der Waals surface area (Å²) in [5.74, 6) is -1.01. The first kappa shape index (κ1) is 29.5. The molecule has 44 heavy (non-hydrogen) atoms. The van der Waals surface area contributed by atoms with Crippen molar-refractivity contribution in [2.75, 3.05) is 24.7 Å². The van der Waals surface area contributed by atoms with Gasteiger partial charge in [0, 0.05) is 5.92 Å². The Morgan fingerprint density at radius 2 is 1.36 bits per heavy atom. The summed E-state index contributed by atoms with van der Waals surface area (Å²) in [5.41, 5.74) is 12.2. The van der Waals surface area contributed by atoms with E-state index in [0.717, 1.165) is 17.2 Å². The average Bonchev–Trinajstić information content (AvgIpc) is 3.73. The van der Waals surface area contributed by atoms with Gasteiger partial charge < -0.3 is 30.6 Å². The number of aromatic nitrogens is 8. The number of nitrogens with zero attached hydrogens (tertiary/aromatic N) is 8. The number of alkyl halides is 2. The van der Waals surface area contributed by atoms with Gasteiger partial charge in [-0.2, -0.15) is 0 Å². The second kappa shape index (κ2) is 10.7. The molecule has 10 unspecified atom stereocenters. The molecule has 0 amide bonds. The Balaban J connectivity index is 1.17. The summed E-state index contributed by atoms with van der Waals surface area (Å²) in [6.45, 7) is -1.54. The molecule has 10 atom stereocenters. The smallest absolute Gasteiger partial charge is 0.382 e. The van der Waals surface area contributed by atoms with Gasteiger partial charge in [0.25, 0.3) is 0 Å². The van der Waals surface area contributed by atoms with Crippen LogP contribution in [0.15, 0.2) is 25.3 Å². The number of nitrogens with two attached hydrogens (primary N) is 2. The minimum atomic E-state index is -5.04. The molecule has 236 valence electrons. The molecule has 19 nitrogen and oxygen atoms in total. The highest BCUT2D eigenvalue weighted by Crippen LogP contribution is 2.55. The maximum absolute atomic E-state index is 16.0. The van der Waals surface area contributed by atoms with Gasteiger partial charge in [-0.25, -0.2) is 47.8 Å². The maximum Gasteiger partial charge on any atom is 0.472 e. The first-order valence-electron chi connectivity index (χ1n) is 13.0. The van der Waals surface area contributed by atoms with Crippen LogP contribution in [0.4, 0.5) is 20.4 Å². The summed E-state index contributed by atoms with van der Waals surface area (Å²) in [7, 11) is -10.1. The lowest BCUT2D eigenvalue weighted by molar-refractivity contribution is -0.0551. The fourth-order valence-corrected chi connectivity index (χ4v) is 7.69. The number of phosphoric ester groups is 2. The number of halogens is 2. The Morgan fingerprint density at radius 3 is 2.02 bits per heavy atom.